The zero-order chi connectivity index (χ0) is 11.3. The van der Waals surface area contributed by atoms with Crippen molar-refractivity contribution in [3.63, 3.8) is 0 Å². The van der Waals surface area contributed by atoms with Gasteiger partial charge in [0.05, 0.1) is 11.6 Å². The second kappa shape index (κ2) is 5.62. The van der Waals surface area contributed by atoms with Gasteiger partial charge in [0.1, 0.15) is 5.75 Å². The Hall–Kier alpha value is -1.21. The lowest BCUT2D eigenvalue weighted by Crippen LogP contribution is -1.94. The molecule has 1 atom stereocenters. The molecule has 0 aliphatic heterocycles. The summed E-state index contributed by atoms with van der Waals surface area (Å²) >= 11 is 10.9. The molecule has 0 aromatic heterocycles. The molecule has 0 aliphatic carbocycles. The molecule has 0 heterocycles. The Morgan fingerprint density at radius 1 is 1.60 bits per heavy atom. The molecule has 5 heteroatoms. The lowest BCUT2D eigenvalue weighted by molar-refractivity contribution is 0.235. The van der Waals surface area contributed by atoms with Gasteiger partial charge in [-0.1, -0.05) is 23.7 Å². The molecule has 1 rings (SSSR count). The summed E-state index contributed by atoms with van der Waals surface area (Å²) in [6, 6.07) is 8.10. The van der Waals surface area contributed by atoms with Crippen LogP contribution in [0.25, 0.3) is 0 Å². The minimum Gasteiger partial charge on any atom is -0.444 e. The predicted molar refractivity (Wildman–Crippen MR) is 57.4 cm³/mol. The lowest BCUT2D eigenvalue weighted by Gasteiger charge is -2.06. The third-order valence-corrected chi connectivity index (χ3v) is 2.09. The Balaban J connectivity index is 2.89. The predicted octanol–water partition coefficient (Wildman–Crippen LogP) is 2.90. The van der Waals surface area contributed by atoms with Crippen molar-refractivity contribution >= 4 is 23.2 Å². The van der Waals surface area contributed by atoms with E-state index in [1.165, 1.54) is 6.07 Å². The average molecular weight is 244 g/mol. The van der Waals surface area contributed by atoms with Crippen LogP contribution in [0.1, 0.15) is 11.7 Å². The quantitative estimate of drug-likeness (QED) is 0.656. The highest BCUT2D eigenvalue weighted by Gasteiger charge is 2.06. The highest BCUT2D eigenvalue weighted by Crippen LogP contribution is 2.21. The molecule has 1 N–H and O–H groups in total. The molecule has 0 fully saturated rings. The van der Waals surface area contributed by atoms with E-state index in [0.717, 1.165) is 5.54 Å². The van der Waals surface area contributed by atoms with Crippen molar-refractivity contribution in [3.05, 3.63) is 40.6 Å². The van der Waals surface area contributed by atoms with E-state index in [1.54, 1.807) is 24.3 Å². The van der Waals surface area contributed by atoms with Crippen molar-refractivity contribution in [2.24, 2.45) is 0 Å². The summed E-state index contributed by atoms with van der Waals surface area (Å²) in [6.07, 6.45) is -1.17. The molecule has 78 valence electrons. The van der Waals surface area contributed by atoms with Crippen LogP contribution in [0.3, 0.4) is 0 Å². The first-order valence-electron chi connectivity index (χ1n) is 3.98. The first-order valence-corrected chi connectivity index (χ1v) is 4.80. The molecule has 0 radical (unpaired) electrons. The molecule has 1 aromatic rings. The van der Waals surface area contributed by atoms with Crippen LogP contribution in [0, 0.1) is 11.3 Å². The SMILES string of the molecule is N#CC(O)c1cccc(OC(Cl)=CCl)c1. The Morgan fingerprint density at radius 3 is 2.93 bits per heavy atom. The number of benzene rings is 1. The van der Waals surface area contributed by atoms with Crippen molar-refractivity contribution in [2.45, 2.75) is 6.10 Å². The van der Waals surface area contributed by atoms with Crippen LogP contribution >= 0.6 is 23.2 Å². The molecule has 15 heavy (non-hydrogen) atoms. The summed E-state index contributed by atoms with van der Waals surface area (Å²) < 4.78 is 5.07. The first kappa shape index (κ1) is 11.9. The summed E-state index contributed by atoms with van der Waals surface area (Å²) in [6.45, 7) is 0. The largest absolute Gasteiger partial charge is 0.444 e. The molecule has 1 unspecified atom stereocenters. The van der Waals surface area contributed by atoms with Crippen molar-refractivity contribution in [3.8, 4) is 11.8 Å². The van der Waals surface area contributed by atoms with E-state index in [0.29, 0.717) is 11.3 Å². The standard InChI is InChI=1S/C10H7Cl2NO2/c11-5-10(12)15-8-3-1-2-7(4-8)9(14)6-13/h1-5,9,14H. The fourth-order valence-corrected chi connectivity index (χ4v) is 1.09. The molecule has 0 saturated heterocycles. The zero-order valence-electron chi connectivity index (χ0n) is 7.52. The van der Waals surface area contributed by atoms with Gasteiger partial charge in [0, 0.05) is 0 Å². The van der Waals surface area contributed by atoms with Gasteiger partial charge in [0.2, 0.25) is 5.22 Å². The van der Waals surface area contributed by atoms with Gasteiger partial charge in [0.25, 0.3) is 0 Å². The zero-order valence-corrected chi connectivity index (χ0v) is 9.03. The molecule has 0 bridgehead atoms. The van der Waals surface area contributed by atoms with E-state index >= 15 is 0 Å². The minimum absolute atomic E-state index is 0.0141. The van der Waals surface area contributed by atoms with Gasteiger partial charge in [-0.15, -0.1) is 0 Å². The normalized spacial score (nSPS) is 13.1. The Labute approximate surface area is 97.1 Å². The number of halogens is 2. The maximum Gasteiger partial charge on any atom is 0.205 e. The maximum atomic E-state index is 9.25. The lowest BCUT2D eigenvalue weighted by atomic mass is 10.1. The molecule has 0 amide bonds. The van der Waals surface area contributed by atoms with Crippen LogP contribution in [0.2, 0.25) is 0 Å². The second-order valence-corrected chi connectivity index (χ2v) is 3.21. The highest BCUT2D eigenvalue weighted by molar-refractivity contribution is 6.35. The molecule has 1 aromatic carbocycles. The van der Waals surface area contributed by atoms with E-state index in [1.807, 2.05) is 0 Å². The smallest absolute Gasteiger partial charge is 0.205 e. The van der Waals surface area contributed by atoms with Crippen LogP contribution in [0.4, 0.5) is 0 Å². The molecule has 0 aliphatic rings. The van der Waals surface area contributed by atoms with Crippen LogP contribution in [-0.4, -0.2) is 5.11 Å². The molecule has 0 spiro atoms. The molecular formula is C10H7Cl2NO2. The Kier molecular flexibility index (Phi) is 4.44. The Morgan fingerprint density at radius 2 is 2.33 bits per heavy atom. The second-order valence-electron chi connectivity index (χ2n) is 2.62. The third-order valence-electron chi connectivity index (χ3n) is 1.60. The van der Waals surface area contributed by atoms with E-state index in [-0.39, 0.29) is 5.22 Å². The number of hydrogen-bond acceptors (Lipinski definition) is 3. The molecule has 0 saturated carbocycles. The number of rotatable bonds is 3. The van der Waals surface area contributed by atoms with Crippen LogP contribution in [0.5, 0.6) is 5.75 Å². The summed E-state index contributed by atoms with van der Waals surface area (Å²) in [7, 11) is 0. The summed E-state index contributed by atoms with van der Waals surface area (Å²) in [4.78, 5) is 0. The van der Waals surface area contributed by atoms with Crippen LogP contribution in [-0.2, 0) is 0 Å². The minimum atomic E-state index is -1.17. The maximum absolute atomic E-state index is 9.25. The molecular weight excluding hydrogens is 237 g/mol. The number of ether oxygens (including phenoxy) is 1. The van der Waals surface area contributed by atoms with E-state index in [4.69, 9.17) is 33.2 Å². The van der Waals surface area contributed by atoms with Crippen LogP contribution < -0.4 is 4.74 Å². The van der Waals surface area contributed by atoms with Crippen molar-refractivity contribution in [1.29, 1.82) is 5.26 Å². The molecule has 3 nitrogen and oxygen atoms in total. The number of nitrogens with zero attached hydrogens (tertiary/aromatic N) is 1. The Bertz CT molecular complexity index is 412. The fourth-order valence-electron chi connectivity index (χ4n) is 0.958. The summed E-state index contributed by atoms with van der Waals surface area (Å²) in [5, 5.41) is 17.8. The van der Waals surface area contributed by atoms with Crippen molar-refractivity contribution < 1.29 is 9.84 Å². The highest BCUT2D eigenvalue weighted by atomic mass is 35.5. The topological polar surface area (TPSA) is 53.2 Å². The van der Waals surface area contributed by atoms with E-state index < -0.39 is 6.10 Å². The van der Waals surface area contributed by atoms with Gasteiger partial charge in [-0.05, 0) is 29.3 Å². The van der Waals surface area contributed by atoms with Crippen molar-refractivity contribution in [1.82, 2.24) is 0 Å². The van der Waals surface area contributed by atoms with Crippen LogP contribution in [0.15, 0.2) is 35.0 Å². The number of nitriles is 1. The fraction of sp³-hybridized carbons (Fsp3) is 0.100. The van der Waals surface area contributed by atoms with Gasteiger partial charge < -0.3 is 9.84 Å². The number of aliphatic hydroxyl groups excluding tert-OH is 1. The van der Waals surface area contributed by atoms with Gasteiger partial charge in [0.15, 0.2) is 6.10 Å². The van der Waals surface area contributed by atoms with E-state index in [2.05, 4.69) is 0 Å². The summed E-state index contributed by atoms with van der Waals surface area (Å²) in [5.74, 6) is 0.406. The monoisotopic (exact) mass is 243 g/mol. The average Bonchev–Trinajstić information content (AvgIpc) is 2.28. The van der Waals surface area contributed by atoms with E-state index in [9.17, 15) is 5.11 Å². The van der Waals surface area contributed by atoms with Crippen molar-refractivity contribution in [2.75, 3.05) is 0 Å². The van der Waals surface area contributed by atoms with Gasteiger partial charge in [-0.2, -0.15) is 5.26 Å². The summed E-state index contributed by atoms with van der Waals surface area (Å²) in [5.41, 5.74) is 1.52. The number of hydrogen-bond donors (Lipinski definition) is 1. The van der Waals surface area contributed by atoms with Gasteiger partial charge in [-0.3, -0.25) is 0 Å². The first-order chi connectivity index (χ1) is 7.17. The third kappa shape index (κ3) is 3.45. The van der Waals surface area contributed by atoms with Gasteiger partial charge in [-0.25, -0.2) is 0 Å². The number of aliphatic hydroxyl groups is 1. The van der Waals surface area contributed by atoms with Gasteiger partial charge >= 0.3 is 0 Å².